The van der Waals surface area contributed by atoms with Crippen LogP contribution in [0.4, 0.5) is 0 Å². The minimum absolute atomic E-state index is 0.0723. The third-order valence-corrected chi connectivity index (χ3v) is 3.64. The second-order valence-corrected chi connectivity index (χ2v) is 7.21. The normalized spacial score (nSPS) is 12.6. The maximum Gasteiger partial charge on any atom is 0.307 e. The standard InChI is InChI=1S/C20H30O5/c1-20(2,3)25-18(21)14-17(19(22)23)12-8-5-9-13-24-15-16-10-6-4-7-11-16/h4,6-7,10-11,17H,5,8-9,12-15H2,1-3H3,(H,22,23)/t17-/m1/s1. The zero-order valence-electron chi connectivity index (χ0n) is 15.5. The van der Waals surface area contributed by atoms with E-state index in [1.54, 1.807) is 20.8 Å². The minimum Gasteiger partial charge on any atom is -0.481 e. The van der Waals surface area contributed by atoms with Crippen LogP contribution in [-0.2, 0) is 25.7 Å². The molecular weight excluding hydrogens is 320 g/mol. The van der Waals surface area contributed by atoms with Crippen LogP contribution in [0.5, 0.6) is 0 Å². The Hall–Kier alpha value is -1.88. The van der Waals surface area contributed by atoms with E-state index in [0.29, 0.717) is 19.6 Å². The number of hydrogen-bond acceptors (Lipinski definition) is 4. The lowest BCUT2D eigenvalue weighted by atomic mass is 9.98. The molecule has 1 aromatic carbocycles. The number of carbonyl (C=O) groups excluding carboxylic acids is 1. The van der Waals surface area contributed by atoms with Gasteiger partial charge in [-0.15, -0.1) is 0 Å². The molecular formula is C20H30O5. The Balaban J connectivity index is 2.16. The number of hydrogen-bond donors (Lipinski definition) is 1. The van der Waals surface area contributed by atoms with E-state index in [1.807, 2.05) is 30.3 Å². The summed E-state index contributed by atoms with van der Waals surface area (Å²) in [7, 11) is 0. The lowest BCUT2D eigenvalue weighted by molar-refractivity contribution is -0.160. The molecule has 1 N–H and O–H groups in total. The average Bonchev–Trinajstić information content (AvgIpc) is 2.52. The Morgan fingerprint density at radius 2 is 1.76 bits per heavy atom. The number of carboxylic acid groups (broad SMARTS) is 1. The molecule has 0 aliphatic carbocycles. The number of esters is 1. The Morgan fingerprint density at radius 1 is 1.08 bits per heavy atom. The van der Waals surface area contributed by atoms with Crippen molar-refractivity contribution in [1.82, 2.24) is 0 Å². The lowest BCUT2D eigenvalue weighted by Gasteiger charge is -2.21. The van der Waals surface area contributed by atoms with Gasteiger partial charge in [0.15, 0.2) is 0 Å². The average molecular weight is 350 g/mol. The number of carboxylic acids is 1. The largest absolute Gasteiger partial charge is 0.481 e. The number of unbranched alkanes of at least 4 members (excludes halogenated alkanes) is 2. The second-order valence-electron chi connectivity index (χ2n) is 7.21. The fourth-order valence-electron chi connectivity index (χ4n) is 2.43. The van der Waals surface area contributed by atoms with Gasteiger partial charge >= 0.3 is 11.9 Å². The van der Waals surface area contributed by atoms with Crippen molar-refractivity contribution in [1.29, 1.82) is 0 Å². The van der Waals surface area contributed by atoms with Gasteiger partial charge in [0.1, 0.15) is 5.60 Å². The highest BCUT2D eigenvalue weighted by Crippen LogP contribution is 2.18. The predicted molar refractivity (Wildman–Crippen MR) is 96.2 cm³/mol. The van der Waals surface area contributed by atoms with Gasteiger partial charge in [-0.25, -0.2) is 0 Å². The maximum atomic E-state index is 11.8. The first kappa shape index (κ1) is 21.2. The first-order valence-corrected chi connectivity index (χ1v) is 8.84. The summed E-state index contributed by atoms with van der Waals surface area (Å²) in [5, 5.41) is 9.25. The second kappa shape index (κ2) is 10.9. The molecule has 0 bridgehead atoms. The number of ether oxygens (including phenoxy) is 2. The van der Waals surface area contributed by atoms with E-state index in [-0.39, 0.29) is 6.42 Å². The molecule has 5 heteroatoms. The van der Waals surface area contributed by atoms with Gasteiger partial charge in [-0.2, -0.15) is 0 Å². The summed E-state index contributed by atoms with van der Waals surface area (Å²) in [4.78, 5) is 23.1. The molecule has 0 fully saturated rings. The SMILES string of the molecule is CC(C)(C)OC(=O)C[C@@H](CCCCCOCc1ccccc1)C(=O)O. The Morgan fingerprint density at radius 3 is 2.36 bits per heavy atom. The summed E-state index contributed by atoms with van der Waals surface area (Å²) in [5.74, 6) is -2.07. The molecule has 0 spiro atoms. The van der Waals surface area contributed by atoms with Crippen molar-refractivity contribution in [3.8, 4) is 0 Å². The topological polar surface area (TPSA) is 72.8 Å². The van der Waals surface area contributed by atoms with Crippen LogP contribution in [0.2, 0.25) is 0 Å². The van der Waals surface area contributed by atoms with Crippen LogP contribution in [0.15, 0.2) is 30.3 Å². The van der Waals surface area contributed by atoms with E-state index >= 15 is 0 Å². The van der Waals surface area contributed by atoms with Gasteiger partial charge in [-0.05, 0) is 39.2 Å². The number of aliphatic carboxylic acids is 1. The molecule has 0 saturated carbocycles. The molecule has 1 aromatic rings. The molecule has 25 heavy (non-hydrogen) atoms. The molecule has 0 aromatic heterocycles. The van der Waals surface area contributed by atoms with Gasteiger partial charge in [0.2, 0.25) is 0 Å². The first-order valence-electron chi connectivity index (χ1n) is 8.84. The van der Waals surface area contributed by atoms with E-state index in [9.17, 15) is 14.7 Å². The van der Waals surface area contributed by atoms with Gasteiger partial charge in [-0.3, -0.25) is 9.59 Å². The fraction of sp³-hybridized carbons (Fsp3) is 0.600. The highest BCUT2D eigenvalue weighted by molar-refractivity contribution is 5.78. The van der Waals surface area contributed by atoms with Crippen molar-refractivity contribution in [3.63, 3.8) is 0 Å². The van der Waals surface area contributed by atoms with Crippen LogP contribution in [-0.4, -0.2) is 29.3 Å². The highest BCUT2D eigenvalue weighted by Gasteiger charge is 2.24. The lowest BCUT2D eigenvalue weighted by Crippen LogP contribution is -2.27. The quantitative estimate of drug-likeness (QED) is 0.478. The summed E-state index contributed by atoms with van der Waals surface area (Å²) in [6.45, 7) is 6.57. The highest BCUT2D eigenvalue weighted by atomic mass is 16.6. The van der Waals surface area contributed by atoms with Crippen molar-refractivity contribution in [3.05, 3.63) is 35.9 Å². The minimum atomic E-state index is -0.939. The predicted octanol–water partition coefficient (Wildman–Crippen LogP) is 4.20. The number of rotatable bonds is 11. The van der Waals surface area contributed by atoms with Gasteiger partial charge in [0, 0.05) is 6.61 Å². The van der Waals surface area contributed by atoms with Crippen molar-refractivity contribution in [2.45, 2.75) is 65.1 Å². The summed E-state index contributed by atoms with van der Waals surface area (Å²) in [6.07, 6.45) is 2.93. The number of carbonyl (C=O) groups is 2. The van der Waals surface area contributed by atoms with Gasteiger partial charge in [0.25, 0.3) is 0 Å². The van der Waals surface area contributed by atoms with E-state index in [0.717, 1.165) is 24.8 Å². The molecule has 0 unspecified atom stereocenters. The summed E-state index contributed by atoms with van der Waals surface area (Å²) >= 11 is 0. The zero-order chi connectivity index (χ0) is 18.7. The Kier molecular flexibility index (Phi) is 9.21. The van der Waals surface area contributed by atoms with Gasteiger partial charge < -0.3 is 14.6 Å². The Labute approximate surface area is 150 Å². The molecule has 0 aliphatic heterocycles. The smallest absolute Gasteiger partial charge is 0.307 e. The van der Waals surface area contributed by atoms with E-state index in [1.165, 1.54) is 0 Å². The van der Waals surface area contributed by atoms with Crippen LogP contribution in [0.1, 0.15) is 58.4 Å². The molecule has 1 atom stereocenters. The van der Waals surface area contributed by atoms with Crippen LogP contribution < -0.4 is 0 Å². The Bertz CT molecular complexity index is 519. The van der Waals surface area contributed by atoms with Crippen LogP contribution in [0, 0.1) is 5.92 Å². The summed E-state index contributed by atoms with van der Waals surface area (Å²) in [5.41, 5.74) is 0.557. The van der Waals surface area contributed by atoms with Gasteiger partial charge in [-0.1, -0.05) is 43.2 Å². The van der Waals surface area contributed by atoms with Crippen LogP contribution >= 0.6 is 0 Å². The summed E-state index contributed by atoms with van der Waals surface area (Å²) < 4.78 is 10.8. The maximum absolute atomic E-state index is 11.8. The first-order chi connectivity index (χ1) is 11.8. The van der Waals surface area contributed by atoms with Crippen LogP contribution in [0.3, 0.4) is 0 Å². The molecule has 0 radical (unpaired) electrons. The van der Waals surface area contributed by atoms with Crippen molar-refractivity contribution >= 4 is 11.9 Å². The third-order valence-electron chi connectivity index (χ3n) is 3.64. The molecule has 0 heterocycles. The van der Waals surface area contributed by atoms with Crippen molar-refractivity contribution in [2.75, 3.05) is 6.61 Å². The molecule has 0 aliphatic rings. The van der Waals surface area contributed by atoms with Crippen molar-refractivity contribution in [2.24, 2.45) is 5.92 Å². The van der Waals surface area contributed by atoms with Crippen molar-refractivity contribution < 1.29 is 24.2 Å². The molecule has 5 nitrogen and oxygen atoms in total. The zero-order valence-corrected chi connectivity index (χ0v) is 15.5. The third kappa shape index (κ3) is 10.6. The monoisotopic (exact) mass is 350 g/mol. The van der Waals surface area contributed by atoms with E-state index < -0.39 is 23.5 Å². The van der Waals surface area contributed by atoms with Crippen LogP contribution in [0.25, 0.3) is 0 Å². The molecule has 0 saturated heterocycles. The molecule has 140 valence electrons. The number of benzene rings is 1. The summed E-state index contributed by atoms with van der Waals surface area (Å²) in [6, 6.07) is 9.98. The van der Waals surface area contributed by atoms with E-state index in [4.69, 9.17) is 9.47 Å². The molecule has 1 rings (SSSR count). The van der Waals surface area contributed by atoms with E-state index in [2.05, 4.69) is 0 Å². The van der Waals surface area contributed by atoms with Gasteiger partial charge in [0.05, 0.1) is 18.9 Å². The molecule has 0 amide bonds. The fourth-order valence-corrected chi connectivity index (χ4v) is 2.43.